The minimum absolute atomic E-state index is 0.00845. The van der Waals surface area contributed by atoms with Crippen LogP contribution in [0.3, 0.4) is 0 Å². The molecule has 1 saturated heterocycles. The fourth-order valence-corrected chi connectivity index (χ4v) is 3.72. The lowest BCUT2D eigenvalue weighted by molar-refractivity contribution is -0.130. The van der Waals surface area contributed by atoms with Crippen LogP contribution in [0.2, 0.25) is 0 Å². The molecule has 1 aromatic heterocycles. The Kier molecular flexibility index (Phi) is 6.39. The molecule has 1 fully saturated rings. The summed E-state index contributed by atoms with van der Waals surface area (Å²) in [6.07, 6.45) is 6.46. The maximum Gasteiger partial charge on any atom is 0.241 e. The van der Waals surface area contributed by atoms with Crippen molar-refractivity contribution in [2.45, 2.75) is 44.8 Å². The molecule has 1 N–H and O–H groups in total. The van der Waals surface area contributed by atoms with Crippen LogP contribution in [-0.4, -0.2) is 35.4 Å². The van der Waals surface area contributed by atoms with Gasteiger partial charge < -0.3 is 4.90 Å². The van der Waals surface area contributed by atoms with E-state index in [0.29, 0.717) is 0 Å². The molecule has 1 aromatic rings. The number of amides is 1. The van der Waals surface area contributed by atoms with Crippen molar-refractivity contribution in [3.63, 3.8) is 0 Å². The average molecular weight is 313 g/mol. The Bertz CT molecular complexity index is 408. The van der Waals surface area contributed by atoms with Gasteiger partial charge in [-0.2, -0.15) is 23.1 Å². The SMILES string of the molecule is CCCCC1NC(c2ccsc2)N(CCCSC)C1=O. The van der Waals surface area contributed by atoms with E-state index in [0.717, 1.165) is 38.0 Å². The molecule has 2 atom stereocenters. The van der Waals surface area contributed by atoms with Crippen LogP contribution in [0.1, 0.15) is 44.3 Å². The summed E-state index contributed by atoms with van der Waals surface area (Å²) in [6.45, 7) is 3.03. The molecule has 0 bridgehead atoms. The van der Waals surface area contributed by atoms with E-state index in [-0.39, 0.29) is 18.1 Å². The van der Waals surface area contributed by atoms with Gasteiger partial charge in [-0.15, -0.1) is 0 Å². The lowest BCUT2D eigenvalue weighted by Gasteiger charge is -2.23. The summed E-state index contributed by atoms with van der Waals surface area (Å²) in [7, 11) is 0. The van der Waals surface area contributed by atoms with Crippen LogP contribution in [0.4, 0.5) is 0 Å². The number of hydrogen-bond donors (Lipinski definition) is 1. The summed E-state index contributed by atoms with van der Waals surface area (Å²) in [6, 6.07) is 2.13. The molecular formula is C15H24N2OS2. The fraction of sp³-hybridized carbons (Fsp3) is 0.667. The number of hydrogen-bond acceptors (Lipinski definition) is 4. The Hall–Kier alpha value is -0.520. The van der Waals surface area contributed by atoms with E-state index in [4.69, 9.17) is 0 Å². The number of nitrogens with zero attached hydrogens (tertiary/aromatic N) is 1. The summed E-state index contributed by atoms with van der Waals surface area (Å²) < 4.78 is 0. The van der Waals surface area contributed by atoms with Crippen molar-refractivity contribution in [2.75, 3.05) is 18.6 Å². The van der Waals surface area contributed by atoms with Gasteiger partial charge in [-0.05, 0) is 47.2 Å². The van der Waals surface area contributed by atoms with Gasteiger partial charge in [0.05, 0.1) is 6.04 Å². The van der Waals surface area contributed by atoms with Crippen molar-refractivity contribution in [1.82, 2.24) is 10.2 Å². The average Bonchev–Trinajstić information content (AvgIpc) is 3.07. The first kappa shape index (κ1) is 15.9. The lowest BCUT2D eigenvalue weighted by Crippen LogP contribution is -2.32. The molecule has 20 heavy (non-hydrogen) atoms. The Balaban J connectivity index is 2.04. The Morgan fingerprint density at radius 3 is 2.95 bits per heavy atom. The van der Waals surface area contributed by atoms with Crippen molar-refractivity contribution >= 4 is 29.0 Å². The van der Waals surface area contributed by atoms with Crippen molar-refractivity contribution < 1.29 is 4.79 Å². The molecule has 1 aliphatic heterocycles. The highest BCUT2D eigenvalue weighted by Crippen LogP contribution is 2.28. The zero-order chi connectivity index (χ0) is 14.4. The number of carbonyl (C=O) groups is 1. The number of carbonyl (C=O) groups excluding carboxylic acids is 1. The van der Waals surface area contributed by atoms with Gasteiger partial charge in [-0.3, -0.25) is 10.1 Å². The zero-order valence-electron chi connectivity index (χ0n) is 12.3. The molecular weight excluding hydrogens is 288 g/mol. The van der Waals surface area contributed by atoms with Gasteiger partial charge in [0.25, 0.3) is 0 Å². The predicted molar refractivity (Wildman–Crippen MR) is 88.2 cm³/mol. The third kappa shape index (κ3) is 3.77. The second-order valence-electron chi connectivity index (χ2n) is 5.20. The number of thioether (sulfide) groups is 1. The largest absolute Gasteiger partial charge is 0.321 e. The van der Waals surface area contributed by atoms with Crippen molar-refractivity contribution in [1.29, 1.82) is 0 Å². The van der Waals surface area contributed by atoms with Crippen LogP contribution in [0.15, 0.2) is 16.8 Å². The molecule has 5 heteroatoms. The minimum Gasteiger partial charge on any atom is -0.321 e. The number of rotatable bonds is 8. The molecule has 3 nitrogen and oxygen atoms in total. The van der Waals surface area contributed by atoms with Crippen molar-refractivity contribution in [2.24, 2.45) is 0 Å². The molecule has 0 radical (unpaired) electrons. The van der Waals surface area contributed by atoms with E-state index in [2.05, 4.69) is 35.3 Å². The minimum atomic E-state index is 0.00845. The molecule has 1 aliphatic rings. The van der Waals surface area contributed by atoms with E-state index in [1.165, 1.54) is 5.56 Å². The highest BCUT2D eigenvalue weighted by molar-refractivity contribution is 7.98. The first-order valence-corrected chi connectivity index (χ1v) is 9.69. The molecule has 0 spiro atoms. The maximum atomic E-state index is 12.6. The Morgan fingerprint density at radius 1 is 1.45 bits per heavy atom. The summed E-state index contributed by atoms with van der Waals surface area (Å²) in [5, 5.41) is 7.76. The van der Waals surface area contributed by atoms with E-state index in [1.807, 2.05) is 16.7 Å². The smallest absolute Gasteiger partial charge is 0.241 e. The second-order valence-corrected chi connectivity index (χ2v) is 6.96. The van der Waals surface area contributed by atoms with Gasteiger partial charge in [0.1, 0.15) is 6.17 Å². The van der Waals surface area contributed by atoms with Crippen molar-refractivity contribution in [3.05, 3.63) is 22.4 Å². The highest BCUT2D eigenvalue weighted by atomic mass is 32.2. The molecule has 0 aliphatic carbocycles. The van der Waals surface area contributed by atoms with Crippen LogP contribution in [0.25, 0.3) is 0 Å². The normalized spacial score (nSPS) is 22.7. The Morgan fingerprint density at radius 2 is 2.30 bits per heavy atom. The summed E-state index contributed by atoms with van der Waals surface area (Å²) in [5.74, 6) is 1.40. The Labute approximate surface area is 130 Å². The van der Waals surface area contributed by atoms with E-state index in [9.17, 15) is 4.79 Å². The van der Waals surface area contributed by atoms with Gasteiger partial charge in [0.15, 0.2) is 0 Å². The fourth-order valence-electron chi connectivity index (χ4n) is 2.62. The molecule has 112 valence electrons. The quantitative estimate of drug-likeness (QED) is 0.746. The lowest BCUT2D eigenvalue weighted by atomic mass is 10.1. The number of thiophene rings is 1. The summed E-state index contributed by atoms with van der Waals surface area (Å²) in [5.41, 5.74) is 1.23. The number of nitrogens with one attached hydrogen (secondary N) is 1. The monoisotopic (exact) mass is 312 g/mol. The molecule has 2 unspecified atom stereocenters. The van der Waals surface area contributed by atoms with Crippen LogP contribution >= 0.6 is 23.1 Å². The maximum absolute atomic E-state index is 12.6. The second kappa shape index (κ2) is 8.05. The van der Waals surface area contributed by atoms with Crippen LogP contribution < -0.4 is 5.32 Å². The predicted octanol–water partition coefficient (Wildman–Crippen LogP) is 3.49. The van der Waals surface area contributed by atoms with Crippen molar-refractivity contribution in [3.8, 4) is 0 Å². The van der Waals surface area contributed by atoms with Gasteiger partial charge in [0.2, 0.25) is 5.91 Å². The standard InChI is InChI=1S/C15H24N2OS2/c1-3-4-6-13-15(18)17(8-5-9-19-2)14(16-13)12-7-10-20-11-12/h7,10-11,13-14,16H,3-6,8-9H2,1-2H3. The molecule has 2 rings (SSSR count). The first-order valence-electron chi connectivity index (χ1n) is 7.35. The van der Waals surface area contributed by atoms with Gasteiger partial charge >= 0.3 is 0 Å². The van der Waals surface area contributed by atoms with Crippen LogP contribution in [-0.2, 0) is 4.79 Å². The summed E-state index contributed by atoms with van der Waals surface area (Å²) >= 11 is 3.54. The molecule has 0 aromatic carbocycles. The topological polar surface area (TPSA) is 32.3 Å². The third-order valence-corrected chi connectivity index (χ3v) is 5.10. The van der Waals surface area contributed by atoms with Gasteiger partial charge in [-0.1, -0.05) is 19.8 Å². The molecule has 2 heterocycles. The zero-order valence-corrected chi connectivity index (χ0v) is 13.9. The first-order chi connectivity index (χ1) is 9.77. The molecule has 1 amide bonds. The van der Waals surface area contributed by atoms with Gasteiger partial charge in [-0.25, -0.2) is 0 Å². The van der Waals surface area contributed by atoms with E-state index >= 15 is 0 Å². The number of unbranched alkanes of at least 4 members (excludes halogenated alkanes) is 1. The van der Waals surface area contributed by atoms with E-state index in [1.54, 1.807) is 11.3 Å². The van der Waals surface area contributed by atoms with Crippen LogP contribution in [0, 0.1) is 0 Å². The van der Waals surface area contributed by atoms with E-state index < -0.39 is 0 Å². The third-order valence-electron chi connectivity index (χ3n) is 3.70. The highest BCUT2D eigenvalue weighted by Gasteiger charge is 2.38. The van der Waals surface area contributed by atoms with Crippen LogP contribution in [0.5, 0.6) is 0 Å². The van der Waals surface area contributed by atoms with Gasteiger partial charge in [0, 0.05) is 6.54 Å². The summed E-state index contributed by atoms with van der Waals surface area (Å²) in [4.78, 5) is 14.6. The molecule has 0 saturated carbocycles.